The van der Waals surface area contributed by atoms with Crippen molar-refractivity contribution in [2.75, 3.05) is 5.32 Å². The third-order valence-electron chi connectivity index (χ3n) is 2.42. The summed E-state index contributed by atoms with van der Waals surface area (Å²) < 4.78 is 13.8. The largest absolute Gasteiger partial charge is 0.334 e. The lowest BCUT2D eigenvalue weighted by molar-refractivity contribution is 0.251. The molecule has 0 bridgehead atoms. The first kappa shape index (κ1) is 13.5. The third kappa shape index (κ3) is 4.37. The van der Waals surface area contributed by atoms with Gasteiger partial charge in [0.15, 0.2) is 0 Å². The van der Waals surface area contributed by atoms with Gasteiger partial charge in [-0.1, -0.05) is 34.1 Å². The molecule has 3 nitrogen and oxygen atoms in total. The highest BCUT2D eigenvalue weighted by Crippen LogP contribution is 2.15. The van der Waals surface area contributed by atoms with Gasteiger partial charge < -0.3 is 10.6 Å². The first-order valence-electron chi connectivity index (χ1n) is 5.68. The van der Waals surface area contributed by atoms with Gasteiger partial charge in [0.2, 0.25) is 0 Å². The molecule has 0 saturated heterocycles. The summed E-state index contributed by atoms with van der Waals surface area (Å²) in [6.45, 7) is 0.275. The summed E-state index contributed by atoms with van der Waals surface area (Å²) in [5.74, 6) is -0.313. The van der Waals surface area contributed by atoms with E-state index in [4.69, 9.17) is 0 Å². The van der Waals surface area contributed by atoms with Crippen LogP contribution in [0.25, 0.3) is 0 Å². The van der Waals surface area contributed by atoms with E-state index in [0.717, 1.165) is 4.47 Å². The van der Waals surface area contributed by atoms with E-state index in [2.05, 4.69) is 26.6 Å². The summed E-state index contributed by atoms with van der Waals surface area (Å²) in [6, 6.07) is 13.1. The van der Waals surface area contributed by atoms with Crippen molar-refractivity contribution in [3.8, 4) is 0 Å². The van der Waals surface area contributed by atoms with Crippen LogP contribution >= 0.6 is 15.9 Å². The van der Waals surface area contributed by atoms with Crippen molar-refractivity contribution in [2.45, 2.75) is 6.54 Å². The Morgan fingerprint density at radius 2 is 1.95 bits per heavy atom. The number of carbonyl (C=O) groups is 1. The zero-order valence-corrected chi connectivity index (χ0v) is 11.6. The molecule has 0 spiro atoms. The minimum atomic E-state index is -0.331. The van der Waals surface area contributed by atoms with Crippen LogP contribution < -0.4 is 10.6 Å². The molecule has 0 heterocycles. The Labute approximate surface area is 119 Å². The molecular formula is C14H12BrFN2O. The number of amides is 2. The van der Waals surface area contributed by atoms with E-state index >= 15 is 0 Å². The molecule has 0 aromatic heterocycles. The van der Waals surface area contributed by atoms with E-state index in [1.165, 1.54) is 12.1 Å². The van der Waals surface area contributed by atoms with Crippen LogP contribution in [0.5, 0.6) is 0 Å². The van der Waals surface area contributed by atoms with Crippen LogP contribution in [0.15, 0.2) is 53.0 Å². The summed E-state index contributed by atoms with van der Waals surface area (Å²) in [4.78, 5) is 11.7. The maximum Gasteiger partial charge on any atom is 0.319 e. The molecule has 2 amide bonds. The number of anilines is 1. The Hall–Kier alpha value is -1.88. The maximum absolute atomic E-state index is 12.9. The second-order valence-corrected chi connectivity index (χ2v) is 4.86. The summed E-state index contributed by atoms with van der Waals surface area (Å²) in [5, 5.41) is 5.36. The summed E-state index contributed by atoms with van der Waals surface area (Å²) in [5.41, 5.74) is 1.40. The molecule has 19 heavy (non-hydrogen) atoms. The fourth-order valence-corrected chi connectivity index (χ4v) is 1.97. The number of halogens is 2. The Bertz CT molecular complexity index is 589. The monoisotopic (exact) mass is 322 g/mol. The van der Waals surface area contributed by atoms with Crippen molar-refractivity contribution in [1.29, 1.82) is 0 Å². The van der Waals surface area contributed by atoms with E-state index in [0.29, 0.717) is 11.3 Å². The molecule has 0 fully saturated rings. The highest BCUT2D eigenvalue weighted by Gasteiger charge is 2.02. The third-order valence-corrected chi connectivity index (χ3v) is 2.92. The molecule has 5 heteroatoms. The van der Waals surface area contributed by atoms with Gasteiger partial charge >= 0.3 is 6.03 Å². The molecule has 2 N–H and O–H groups in total. The van der Waals surface area contributed by atoms with E-state index in [1.807, 2.05) is 12.1 Å². The van der Waals surface area contributed by atoms with Gasteiger partial charge in [-0.3, -0.25) is 0 Å². The molecule has 0 unspecified atom stereocenters. The van der Waals surface area contributed by atoms with Crippen LogP contribution in [-0.2, 0) is 6.54 Å². The standard InChI is InChI=1S/C14H12BrFN2O/c15-11-4-2-6-13(8-11)18-14(19)17-9-10-3-1-5-12(16)7-10/h1-8H,9H2,(H2,17,18,19). The SMILES string of the molecule is O=C(NCc1cccc(F)c1)Nc1cccc(Br)c1. The Morgan fingerprint density at radius 3 is 2.68 bits per heavy atom. The molecule has 2 aromatic rings. The molecule has 0 aliphatic rings. The lowest BCUT2D eigenvalue weighted by Crippen LogP contribution is -2.28. The van der Waals surface area contributed by atoms with E-state index in [-0.39, 0.29) is 18.4 Å². The summed E-state index contributed by atoms with van der Waals surface area (Å²) in [6.07, 6.45) is 0. The fraction of sp³-hybridized carbons (Fsp3) is 0.0714. The van der Waals surface area contributed by atoms with Crippen molar-refractivity contribution in [1.82, 2.24) is 5.32 Å². The van der Waals surface area contributed by atoms with E-state index in [1.54, 1.807) is 24.3 Å². The first-order valence-corrected chi connectivity index (χ1v) is 6.47. The zero-order chi connectivity index (χ0) is 13.7. The highest BCUT2D eigenvalue weighted by molar-refractivity contribution is 9.10. The molecule has 0 atom stereocenters. The van der Waals surface area contributed by atoms with Gasteiger partial charge in [-0.05, 0) is 35.9 Å². The van der Waals surface area contributed by atoms with Crippen LogP contribution in [0.4, 0.5) is 14.9 Å². The average Bonchev–Trinajstić information content (AvgIpc) is 2.36. The Morgan fingerprint density at radius 1 is 1.16 bits per heavy atom. The predicted molar refractivity (Wildman–Crippen MR) is 76.4 cm³/mol. The van der Waals surface area contributed by atoms with Gasteiger partial charge in [0.05, 0.1) is 0 Å². The Balaban J connectivity index is 1.88. The van der Waals surface area contributed by atoms with Crippen LogP contribution in [0.2, 0.25) is 0 Å². The van der Waals surface area contributed by atoms with E-state index < -0.39 is 0 Å². The first-order chi connectivity index (χ1) is 9.13. The fourth-order valence-electron chi connectivity index (χ4n) is 1.57. The number of carbonyl (C=O) groups excluding carboxylic acids is 1. The van der Waals surface area contributed by atoms with Gasteiger partial charge in [0.1, 0.15) is 5.82 Å². The number of rotatable bonds is 3. The van der Waals surface area contributed by atoms with Crippen molar-refractivity contribution in [2.24, 2.45) is 0 Å². The number of hydrogen-bond donors (Lipinski definition) is 2. The van der Waals surface area contributed by atoms with Gasteiger partial charge in [-0.2, -0.15) is 0 Å². The van der Waals surface area contributed by atoms with Crippen molar-refractivity contribution in [3.05, 3.63) is 64.4 Å². The van der Waals surface area contributed by atoms with Gasteiger partial charge in [-0.15, -0.1) is 0 Å². The molecule has 2 rings (SSSR count). The predicted octanol–water partition coefficient (Wildman–Crippen LogP) is 3.91. The molecule has 0 saturated carbocycles. The normalized spacial score (nSPS) is 10.0. The number of urea groups is 1. The summed E-state index contributed by atoms with van der Waals surface area (Å²) in [7, 11) is 0. The summed E-state index contributed by atoms with van der Waals surface area (Å²) >= 11 is 3.32. The second-order valence-electron chi connectivity index (χ2n) is 3.95. The second kappa shape index (κ2) is 6.33. The smallest absolute Gasteiger partial charge is 0.319 e. The van der Waals surface area contributed by atoms with Crippen molar-refractivity contribution >= 4 is 27.6 Å². The topological polar surface area (TPSA) is 41.1 Å². The van der Waals surface area contributed by atoms with Gasteiger partial charge in [0, 0.05) is 16.7 Å². The quantitative estimate of drug-likeness (QED) is 0.883. The van der Waals surface area contributed by atoms with Crippen LogP contribution in [-0.4, -0.2) is 6.03 Å². The van der Waals surface area contributed by atoms with Crippen molar-refractivity contribution < 1.29 is 9.18 Å². The molecule has 2 aromatic carbocycles. The van der Waals surface area contributed by atoms with Crippen LogP contribution in [0.3, 0.4) is 0 Å². The average molecular weight is 323 g/mol. The van der Waals surface area contributed by atoms with Gasteiger partial charge in [0.25, 0.3) is 0 Å². The van der Waals surface area contributed by atoms with Crippen molar-refractivity contribution in [3.63, 3.8) is 0 Å². The highest BCUT2D eigenvalue weighted by atomic mass is 79.9. The maximum atomic E-state index is 12.9. The number of hydrogen-bond acceptors (Lipinski definition) is 1. The molecule has 0 radical (unpaired) electrons. The number of nitrogens with one attached hydrogen (secondary N) is 2. The molecular weight excluding hydrogens is 311 g/mol. The molecule has 98 valence electrons. The lowest BCUT2D eigenvalue weighted by Gasteiger charge is -2.08. The van der Waals surface area contributed by atoms with E-state index in [9.17, 15) is 9.18 Å². The van der Waals surface area contributed by atoms with Crippen LogP contribution in [0.1, 0.15) is 5.56 Å². The van der Waals surface area contributed by atoms with Crippen LogP contribution in [0, 0.1) is 5.82 Å². The minimum absolute atomic E-state index is 0.275. The lowest BCUT2D eigenvalue weighted by atomic mass is 10.2. The molecule has 0 aliphatic carbocycles. The molecule has 0 aliphatic heterocycles. The number of benzene rings is 2. The van der Waals surface area contributed by atoms with Gasteiger partial charge in [-0.25, -0.2) is 9.18 Å². The Kier molecular flexibility index (Phi) is 4.52. The zero-order valence-electron chi connectivity index (χ0n) is 9.99. The minimum Gasteiger partial charge on any atom is -0.334 e.